The van der Waals surface area contributed by atoms with Gasteiger partial charge in [0.15, 0.2) is 6.10 Å². The fourth-order valence-electron chi connectivity index (χ4n) is 2.31. The number of methoxy groups -OCH3 is 2. The highest BCUT2D eigenvalue weighted by molar-refractivity contribution is 5.90. The molecule has 0 aliphatic heterocycles. The van der Waals surface area contributed by atoms with E-state index in [0.717, 1.165) is 5.56 Å². The molecular weight excluding hydrogens is 346 g/mol. The zero-order chi connectivity index (χ0) is 19.6. The molecule has 2 rings (SSSR count). The lowest BCUT2D eigenvalue weighted by molar-refractivity contribution is -0.150. The molecule has 0 aliphatic rings. The minimum Gasteiger partial charge on any atom is -0.497 e. The molecule has 0 saturated carbocycles. The van der Waals surface area contributed by atoms with Crippen molar-refractivity contribution in [2.45, 2.75) is 19.6 Å². The molecule has 0 fully saturated rings. The van der Waals surface area contributed by atoms with Crippen LogP contribution >= 0.6 is 0 Å². The van der Waals surface area contributed by atoms with Crippen molar-refractivity contribution in [2.24, 2.45) is 0 Å². The van der Waals surface area contributed by atoms with Gasteiger partial charge in [0, 0.05) is 24.3 Å². The Morgan fingerprint density at radius 2 is 1.81 bits per heavy atom. The van der Waals surface area contributed by atoms with Crippen LogP contribution in [0.3, 0.4) is 0 Å². The first-order valence-electron chi connectivity index (χ1n) is 8.46. The predicted octanol–water partition coefficient (Wildman–Crippen LogP) is 2.97. The Balaban J connectivity index is 1.88. The van der Waals surface area contributed by atoms with Crippen molar-refractivity contribution in [3.8, 4) is 11.5 Å². The summed E-state index contributed by atoms with van der Waals surface area (Å²) in [6.07, 6.45) is 1.92. The summed E-state index contributed by atoms with van der Waals surface area (Å²) >= 11 is 0. The number of hydrogen-bond donors (Lipinski definition) is 1. The van der Waals surface area contributed by atoms with E-state index < -0.39 is 12.1 Å². The molecule has 1 N–H and O–H groups in total. The predicted molar refractivity (Wildman–Crippen MR) is 102 cm³/mol. The van der Waals surface area contributed by atoms with E-state index in [1.54, 1.807) is 31.4 Å². The van der Waals surface area contributed by atoms with Gasteiger partial charge >= 0.3 is 5.97 Å². The summed E-state index contributed by atoms with van der Waals surface area (Å²) in [5.74, 6) is 0.236. The van der Waals surface area contributed by atoms with Crippen LogP contribution in [0.1, 0.15) is 18.1 Å². The fraction of sp³-hybridized carbons (Fsp3) is 0.238. The van der Waals surface area contributed by atoms with Crippen LogP contribution in [0.2, 0.25) is 0 Å². The molecular formula is C21H23NO5. The SMILES string of the molecule is COc1ccc(/C=C/C(=O)O[C@H](C)C(=O)NCc2ccccc2)c(OC)c1. The van der Waals surface area contributed by atoms with Gasteiger partial charge in [-0.25, -0.2) is 4.79 Å². The monoisotopic (exact) mass is 369 g/mol. The Hall–Kier alpha value is -3.28. The summed E-state index contributed by atoms with van der Waals surface area (Å²) in [6, 6.07) is 14.7. The molecule has 2 aromatic rings. The van der Waals surface area contributed by atoms with Crippen molar-refractivity contribution in [3.05, 3.63) is 65.7 Å². The number of rotatable bonds is 8. The molecule has 142 valence electrons. The van der Waals surface area contributed by atoms with Gasteiger partial charge in [0.25, 0.3) is 5.91 Å². The van der Waals surface area contributed by atoms with Crippen LogP contribution in [-0.2, 0) is 20.9 Å². The molecule has 0 bridgehead atoms. The van der Waals surface area contributed by atoms with Gasteiger partial charge in [-0.15, -0.1) is 0 Å². The van der Waals surface area contributed by atoms with Crippen molar-refractivity contribution in [1.82, 2.24) is 5.32 Å². The summed E-state index contributed by atoms with van der Waals surface area (Å²) < 4.78 is 15.5. The maximum absolute atomic E-state index is 12.1. The molecule has 0 radical (unpaired) electrons. The van der Waals surface area contributed by atoms with E-state index in [1.807, 2.05) is 30.3 Å². The van der Waals surface area contributed by atoms with Crippen molar-refractivity contribution < 1.29 is 23.8 Å². The molecule has 6 heteroatoms. The van der Waals surface area contributed by atoms with Gasteiger partial charge in [0.1, 0.15) is 11.5 Å². The summed E-state index contributed by atoms with van der Waals surface area (Å²) in [4.78, 5) is 24.0. The minimum absolute atomic E-state index is 0.359. The topological polar surface area (TPSA) is 73.9 Å². The zero-order valence-corrected chi connectivity index (χ0v) is 15.6. The minimum atomic E-state index is -0.899. The van der Waals surface area contributed by atoms with E-state index in [1.165, 1.54) is 20.1 Å². The summed E-state index contributed by atoms with van der Waals surface area (Å²) in [6.45, 7) is 1.90. The molecule has 0 aromatic heterocycles. The first-order valence-corrected chi connectivity index (χ1v) is 8.46. The number of ether oxygens (including phenoxy) is 3. The highest BCUT2D eigenvalue weighted by atomic mass is 16.5. The quantitative estimate of drug-likeness (QED) is 0.572. The molecule has 1 amide bonds. The summed E-state index contributed by atoms with van der Waals surface area (Å²) in [5.41, 5.74) is 1.66. The largest absolute Gasteiger partial charge is 0.497 e. The number of nitrogens with one attached hydrogen (secondary N) is 1. The van der Waals surface area contributed by atoms with E-state index in [-0.39, 0.29) is 5.91 Å². The van der Waals surface area contributed by atoms with E-state index in [9.17, 15) is 9.59 Å². The van der Waals surface area contributed by atoms with Crippen molar-refractivity contribution >= 4 is 18.0 Å². The first-order chi connectivity index (χ1) is 13.0. The Kier molecular flexibility index (Phi) is 7.43. The van der Waals surface area contributed by atoms with Gasteiger partial charge in [0.2, 0.25) is 0 Å². The Labute approximate surface area is 158 Å². The molecule has 6 nitrogen and oxygen atoms in total. The average Bonchev–Trinajstić information content (AvgIpc) is 2.70. The van der Waals surface area contributed by atoms with Crippen LogP contribution in [0.4, 0.5) is 0 Å². The van der Waals surface area contributed by atoms with Crippen LogP contribution in [0.15, 0.2) is 54.6 Å². The van der Waals surface area contributed by atoms with Gasteiger partial charge in [-0.2, -0.15) is 0 Å². The van der Waals surface area contributed by atoms with Gasteiger partial charge in [-0.05, 0) is 30.7 Å². The number of esters is 1. The second kappa shape index (κ2) is 10.0. The molecule has 0 saturated heterocycles. The first kappa shape index (κ1) is 20.0. The second-order valence-corrected chi connectivity index (χ2v) is 5.72. The van der Waals surface area contributed by atoms with Crippen LogP contribution < -0.4 is 14.8 Å². The normalized spacial score (nSPS) is 11.7. The maximum atomic E-state index is 12.1. The lowest BCUT2D eigenvalue weighted by Gasteiger charge is -2.12. The number of amides is 1. The third kappa shape index (κ3) is 6.18. The van der Waals surface area contributed by atoms with Crippen LogP contribution in [-0.4, -0.2) is 32.2 Å². The number of hydrogen-bond acceptors (Lipinski definition) is 5. The Morgan fingerprint density at radius 1 is 1.07 bits per heavy atom. The number of benzene rings is 2. The summed E-state index contributed by atoms with van der Waals surface area (Å²) in [7, 11) is 3.09. The van der Waals surface area contributed by atoms with Crippen molar-refractivity contribution in [1.29, 1.82) is 0 Å². The molecule has 0 spiro atoms. The smallest absolute Gasteiger partial charge is 0.331 e. The second-order valence-electron chi connectivity index (χ2n) is 5.72. The molecule has 0 unspecified atom stereocenters. The fourth-order valence-corrected chi connectivity index (χ4v) is 2.31. The van der Waals surface area contributed by atoms with Crippen LogP contribution in [0.5, 0.6) is 11.5 Å². The molecule has 2 aromatic carbocycles. The lowest BCUT2D eigenvalue weighted by Crippen LogP contribution is -2.35. The van der Waals surface area contributed by atoms with Gasteiger partial charge < -0.3 is 19.5 Å². The van der Waals surface area contributed by atoms with E-state index >= 15 is 0 Å². The molecule has 0 aliphatic carbocycles. The van der Waals surface area contributed by atoms with Crippen LogP contribution in [0, 0.1) is 0 Å². The van der Waals surface area contributed by atoms with E-state index in [0.29, 0.717) is 23.6 Å². The van der Waals surface area contributed by atoms with Crippen molar-refractivity contribution in [3.63, 3.8) is 0 Å². The van der Waals surface area contributed by atoms with Gasteiger partial charge in [0.05, 0.1) is 14.2 Å². The Bertz CT molecular complexity index is 801. The Morgan fingerprint density at radius 3 is 2.48 bits per heavy atom. The van der Waals surface area contributed by atoms with Gasteiger partial charge in [-0.3, -0.25) is 4.79 Å². The van der Waals surface area contributed by atoms with E-state index in [4.69, 9.17) is 14.2 Å². The average molecular weight is 369 g/mol. The maximum Gasteiger partial charge on any atom is 0.331 e. The standard InChI is InChI=1S/C21H23NO5/c1-15(21(24)22-14-16-7-5-4-6-8-16)27-20(23)12-10-17-9-11-18(25-2)13-19(17)26-3/h4-13,15H,14H2,1-3H3,(H,22,24)/b12-10+/t15-/m1/s1. The summed E-state index contributed by atoms with van der Waals surface area (Å²) in [5, 5.41) is 2.73. The van der Waals surface area contributed by atoms with Crippen LogP contribution in [0.25, 0.3) is 6.08 Å². The third-order valence-corrected chi connectivity index (χ3v) is 3.81. The molecule has 27 heavy (non-hydrogen) atoms. The van der Waals surface area contributed by atoms with Gasteiger partial charge in [-0.1, -0.05) is 30.3 Å². The number of carbonyl (C=O) groups is 2. The molecule has 0 heterocycles. The third-order valence-electron chi connectivity index (χ3n) is 3.81. The molecule has 1 atom stereocenters. The highest BCUT2D eigenvalue weighted by Gasteiger charge is 2.16. The van der Waals surface area contributed by atoms with Crippen molar-refractivity contribution in [2.75, 3.05) is 14.2 Å². The number of carbonyl (C=O) groups excluding carboxylic acids is 2. The lowest BCUT2D eigenvalue weighted by atomic mass is 10.1. The van der Waals surface area contributed by atoms with E-state index in [2.05, 4.69) is 5.32 Å². The zero-order valence-electron chi connectivity index (χ0n) is 15.6. The highest BCUT2D eigenvalue weighted by Crippen LogP contribution is 2.25.